The first kappa shape index (κ1) is 19.8. The van der Waals surface area contributed by atoms with Crippen LogP contribution in [-0.4, -0.2) is 41.0 Å². The molecule has 2 aromatic rings. The van der Waals surface area contributed by atoms with Gasteiger partial charge in [0, 0.05) is 40.1 Å². The highest BCUT2D eigenvalue weighted by atomic mass is 79.9. The van der Waals surface area contributed by atoms with Gasteiger partial charge in [-0.25, -0.2) is 0 Å². The number of rotatable bonds is 5. The van der Waals surface area contributed by atoms with Crippen LogP contribution in [0.25, 0.3) is 5.57 Å². The van der Waals surface area contributed by atoms with Crippen LogP contribution >= 0.6 is 15.9 Å². The fraction of sp³-hybridized carbons (Fsp3) is 0.273. The molecule has 3 N–H and O–H groups in total. The number of anilines is 1. The molecule has 1 fully saturated rings. The van der Waals surface area contributed by atoms with Gasteiger partial charge in [0.15, 0.2) is 0 Å². The van der Waals surface area contributed by atoms with Crippen LogP contribution in [0.3, 0.4) is 0 Å². The van der Waals surface area contributed by atoms with Crippen LogP contribution in [-0.2, 0) is 11.3 Å². The number of imide groups is 1. The number of benzene rings is 2. The maximum atomic E-state index is 12.3. The Morgan fingerprint density at radius 3 is 2.69 bits per heavy atom. The van der Waals surface area contributed by atoms with Gasteiger partial charge < -0.3 is 10.4 Å². The Kier molecular flexibility index (Phi) is 5.80. The summed E-state index contributed by atoms with van der Waals surface area (Å²) in [5.74, 6) is -0.809. The molecule has 2 aliphatic heterocycles. The highest BCUT2D eigenvalue weighted by Crippen LogP contribution is 2.27. The first-order valence-electron chi connectivity index (χ1n) is 9.61. The third kappa shape index (κ3) is 4.27. The number of carbonyl (C=O) groups is 2. The lowest BCUT2D eigenvalue weighted by Crippen LogP contribution is -2.36. The van der Waals surface area contributed by atoms with E-state index in [1.807, 2.05) is 24.3 Å². The highest BCUT2D eigenvalue weighted by molar-refractivity contribution is 9.10. The number of nitrogens with one attached hydrogen (secondary N) is 2. The Bertz CT molecular complexity index is 972. The molecule has 0 radical (unpaired) electrons. The standard InChI is InChI=1S/C22H22BrN3O3/c23-15-5-8-18-19(10-15)20(22(29)25-21(18)28)11-24-16-6-3-14(4-7-16)12-26-9-1-2-17(26)13-27/h3-8,10-11,17,24,27H,1-2,9,12-13H2,(H,25,28,29)/b20-11-. The van der Waals surface area contributed by atoms with Crippen LogP contribution in [0.4, 0.5) is 5.69 Å². The lowest BCUT2D eigenvalue weighted by atomic mass is 9.95. The Morgan fingerprint density at radius 1 is 1.14 bits per heavy atom. The Labute approximate surface area is 177 Å². The summed E-state index contributed by atoms with van der Waals surface area (Å²) in [5, 5.41) is 15.0. The van der Waals surface area contributed by atoms with Crippen LogP contribution in [0, 0.1) is 0 Å². The SMILES string of the molecule is O=C1NC(=O)c2ccc(Br)cc2/C1=C/Nc1ccc(CN2CCCC2CO)cc1. The number of fused-ring (bicyclic) bond motifs is 1. The zero-order valence-corrected chi connectivity index (χ0v) is 17.4. The van der Waals surface area contributed by atoms with Gasteiger partial charge in [0.2, 0.25) is 0 Å². The van der Waals surface area contributed by atoms with Crippen LogP contribution < -0.4 is 10.6 Å². The maximum Gasteiger partial charge on any atom is 0.260 e. The van der Waals surface area contributed by atoms with Crippen molar-refractivity contribution in [3.05, 3.63) is 69.8 Å². The van der Waals surface area contributed by atoms with Gasteiger partial charge in [-0.1, -0.05) is 28.1 Å². The molecule has 0 aromatic heterocycles. The van der Waals surface area contributed by atoms with Crippen molar-refractivity contribution in [2.45, 2.75) is 25.4 Å². The van der Waals surface area contributed by atoms with E-state index in [0.717, 1.165) is 36.1 Å². The highest BCUT2D eigenvalue weighted by Gasteiger charge is 2.27. The summed E-state index contributed by atoms with van der Waals surface area (Å²) in [6.07, 6.45) is 3.80. The molecule has 1 unspecified atom stereocenters. The van der Waals surface area contributed by atoms with Crippen molar-refractivity contribution in [2.24, 2.45) is 0 Å². The molecule has 2 aromatic carbocycles. The molecule has 0 saturated carbocycles. The van der Waals surface area contributed by atoms with E-state index < -0.39 is 5.91 Å². The molecule has 6 nitrogen and oxygen atoms in total. The number of amides is 2. The summed E-state index contributed by atoms with van der Waals surface area (Å²) in [6.45, 7) is 2.04. The molecule has 1 atom stereocenters. The number of nitrogens with zero attached hydrogens (tertiary/aromatic N) is 1. The molecule has 7 heteroatoms. The molecular formula is C22H22BrN3O3. The van der Waals surface area contributed by atoms with Gasteiger partial charge >= 0.3 is 0 Å². The zero-order chi connectivity index (χ0) is 20.4. The van der Waals surface area contributed by atoms with Crippen LogP contribution in [0.1, 0.15) is 34.3 Å². The van der Waals surface area contributed by atoms with E-state index in [2.05, 4.69) is 31.5 Å². The van der Waals surface area contributed by atoms with Crippen LogP contribution in [0.5, 0.6) is 0 Å². The van der Waals surface area contributed by atoms with E-state index in [4.69, 9.17) is 0 Å². The minimum Gasteiger partial charge on any atom is -0.395 e. The van der Waals surface area contributed by atoms with E-state index >= 15 is 0 Å². The van der Waals surface area contributed by atoms with Crippen LogP contribution in [0.2, 0.25) is 0 Å². The predicted octanol–water partition coefficient (Wildman–Crippen LogP) is 3.13. The summed E-state index contributed by atoms with van der Waals surface area (Å²) in [4.78, 5) is 26.7. The van der Waals surface area contributed by atoms with Crippen molar-refractivity contribution >= 4 is 39.0 Å². The number of hydrogen-bond donors (Lipinski definition) is 3. The van der Waals surface area contributed by atoms with Gasteiger partial charge in [-0.05, 0) is 55.3 Å². The molecule has 1 saturated heterocycles. The summed E-state index contributed by atoms with van der Waals surface area (Å²) < 4.78 is 0.803. The first-order chi connectivity index (χ1) is 14.0. The Hall–Kier alpha value is -2.48. The van der Waals surface area contributed by atoms with Crippen LogP contribution in [0.15, 0.2) is 53.1 Å². The van der Waals surface area contributed by atoms with Crippen molar-refractivity contribution in [1.29, 1.82) is 0 Å². The second-order valence-corrected chi connectivity index (χ2v) is 8.24. The predicted molar refractivity (Wildman–Crippen MR) is 115 cm³/mol. The quantitative estimate of drug-likeness (QED) is 0.476. The van der Waals surface area contributed by atoms with E-state index in [9.17, 15) is 14.7 Å². The van der Waals surface area contributed by atoms with Gasteiger partial charge in [0.1, 0.15) is 0 Å². The van der Waals surface area contributed by atoms with Gasteiger partial charge in [0.05, 0.1) is 12.2 Å². The lowest BCUT2D eigenvalue weighted by Gasteiger charge is -2.22. The number of hydrogen-bond acceptors (Lipinski definition) is 5. The van der Waals surface area contributed by atoms with E-state index in [1.54, 1.807) is 24.4 Å². The average Bonchev–Trinajstić information content (AvgIpc) is 3.16. The first-order valence-corrected chi connectivity index (χ1v) is 10.4. The fourth-order valence-corrected chi connectivity index (χ4v) is 4.21. The molecule has 0 bridgehead atoms. The van der Waals surface area contributed by atoms with Crippen molar-refractivity contribution in [1.82, 2.24) is 10.2 Å². The Morgan fingerprint density at radius 2 is 1.93 bits per heavy atom. The van der Waals surface area contributed by atoms with Crippen molar-refractivity contribution in [3.63, 3.8) is 0 Å². The second-order valence-electron chi connectivity index (χ2n) is 7.32. The van der Waals surface area contributed by atoms with Crippen molar-refractivity contribution in [2.75, 3.05) is 18.5 Å². The molecule has 2 aliphatic rings. The number of halogens is 1. The molecule has 4 rings (SSSR count). The minimum atomic E-state index is -0.422. The van der Waals surface area contributed by atoms with Crippen molar-refractivity contribution in [3.8, 4) is 0 Å². The van der Waals surface area contributed by atoms with Gasteiger partial charge in [-0.15, -0.1) is 0 Å². The van der Waals surface area contributed by atoms with Gasteiger partial charge in [-0.2, -0.15) is 0 Å². The normalized spacial score (nSPS) is 20.6. The molecule has 29 heavy (non-hydrogen) atoms. The average molecular weight is 456 g/mol. The van der Waals surface area contributed by atoms with E-state index in [1.165, 1.54) is 5.56 Å². The molecule has 2 amide bonds. The van der Waals surface area contributed by atoms with Crippen molar-refractivity contribution < 1.29 is 14.7 Å². The second kappa shape index (κ2) is 8.49. The molecule has 2 heterocycles. The molecule has 150 valence electrons. The number of carbonyl (C=O) groups excluding carboxylic acids is 2. The van der Waals surface area contributed by atoms with Gasteiger partial charge in [-0.3, -0.25) is 19.8 Å². The van der Waals surface area contributed by atoms with E-state index in [0.29, 0.717) is 16.7 Å². The zero-order valence-electron chi connectivity index (χ0n) is 15.8. The number of likely N-dealkylation sites (tertiary alicyclic amines) is 1. The molecule has 0 spiro atoms. The third-order valence-electron chi connectivity index (χ3n) is 5.42. The third-order valence-corrected chi connectivity index (χ3v) is 5.91. The Balaban J connectivity index is 1.49. The monoisotopic (exact) mass is 455 g/mol. The smallest absolute Gasteiger partial charge is 0.260 e. The summed E-state index contributed by atoms with van der Waals surface area (Å²) in [7, 11) is 0. The topological polar surface area (TPSA) is 81.7 Å². The number of aliphatic hydroxyl groups excluding tert-OH is 1. The molecule has 0 aliphatic carbocycles. The summed E-state index contributed by atoms with van der Waals surface area (Å²) >= 11 is 3.40. The largest absolute Gasteiger partial charge is 0.395 e. The summed E-state index contributed by atoms with van der Waals surface area (Å²) in [6, 6.07) is 13.5. The fourth-order valence-electron chi connectivity index (χ4n) is 3.85. The van der Waals surface area contributed by atoms with Gasteiger partial charge in [0.25, 0.3) is 11.8 Å². The maximum absolute atomic E-state index is 12.3. The minimum absolute atomic E-state index is 0.204. The lowest BCUT2D eigenvalue weighted by molar-refractivity contribution is -0.114. The summed E-state index contributed by atoms with van der Waals surface area (Å²) in [5.41, 5.74) is 3.51. The molecular weight excluding hydrogens is 434 g/mol. The van der Waals surface area contributed by atoms with E-state index in [-0.39, 0.29) is 18.6 Å². The number of aliphatic hydroxyl groups is 1.